The lowest BCUT2D eigenvalue weighted by atomic mass is 10.1. The summed E-state index contributed by atoms with van der Waals surface area (Å²) in [5.74, 6) is -1.04. The summed E-state index contributed by atoms with van der Waals surface area (Å²) in [5.41, 5.74) is 2.32. The highest BCUT2D eigenvalue weighted by atomic mass is 16.4. The minimum atomic E-state index is -0.846. The lowest BCUT2D eigenvalue weighted by Crippen LogP contribution is -2.11. The number of hydrogen-bond acceptors (Lipinski definition) is 3. The predicted molar refractivity (Wildman–Crippen MR) is 73.5 cm³/mol. The number of fused-ring (bicyclic) bond motifs is 1. The van der Waals surface area contributed by atoms with Crippen molar-refractivity contribution in [3.63, 3.8) is 0 Å². The van der Waals surface area contributed by atoms with E-state index in [0.29, 0.717) is 31.4 Å². The molecule has 106 valence electrons. The normalized spacial score (nSPS) is 12.7. The molecule has 6 heteroatoms. The molecule has 0 unspecified atom stereocenters. The molecule has 2 rings (SSSR count). The lowest BCUT2D eigenvalue weighted by Gasteiger charge is -2.06. The van der Waals surface area contributed by atoms with Gasteiger partial charge in [0.15, 0.2) is 0 Å². The minimum absolute atomic E-state index is 0.0443. The van der Waals surface area contributed by atoms with Crippen LogP contribution in [0.5, 0.6) is 0 Å². The maximum atomic E-state index is 11.7. The number of benzene rings is 1. The molecular weight excluding hydrogens is 260 g/mol. The highest BCUT2D eigenvalue weighted by Crippen LogP contribution is 2.26. The van der Waals surface area contributed by atoms with E-state index in [0.717, 1.165) is 11.3 Å². The number of nitrogens with one attached hydrogen (secondary N) is 2. The summed E-state index contributed by atoms with van der Waals surface area (Å²) in [6.07, 6.45) is 1.74. The molecule has 1 heterocycles. The van der Waals surface area contributed by atoms with Gasteiger partial charge in [-0.2, -0.15) is 0 Å². The number of rotatable bonds is 6. The van der Waals surface area contributed by atoms with Crippen molar-refractivity contribution in [1.29, 1.82) is 0 Å². The molecule has 1 aromatic rings. The van der Waals surface area contributed by atoms with E-state index in [1.165, 1.54) is 0 Å². The van der Waals surface area contributed by atoms with Crippen molar-refractivity contribution >= 4 is 29.2 Å². The van der Waals surface area contributed by atoms with Crippen LogP contribution in [0.4, 0.5) is 11.4 Å². The molecule has 1 aliphatic rings. The minimum Gasteiger partial charge on any atom is -0.481 e. The van der Waals surface area contributed by atoms with Gasteiger partial charge in [-0.05, 0) is 36.6 Å². The van der Waals surface area contributed by atoms with Crippen LogP contribution in [-0.4, -0.2) is 22.9 Å². The van der Waals surface area contributed by atoms with E-state index in [9.17, 15) is 14.4 Å². The Hall–Kier alpha value is -2.37. The van der Waals surface area contributed by atoms with Crippen LogP contribution in [0.3, 0.4) is 0 Å². The van der Waals surface area contributed by atoms with Crippen molar-refractivity contribution in [2.24, 2.45) is 0 Å². The third-order valence-electron chi connectivity index (χ3n) is 3.06. The van der Waals surface area contributed by atoms with E-state index < -0.39 is 5.97 Å². The van der Waals surface area contributed by atoms with Crippen LogP contribution in [0.25, 0.3) is 0 Å². The number of carbonyl (C=O) groups excluding carboxylic acids is 2. The monoisotopic (exact) mass is 276 g/mol. The van der Waals surface area contributed by atoms with Crippen molar-refractivity contribution in [3.8, 4) is 0 Å². The first-order valence-corrected chi connectivity index (χ1v) is 6.49. The van der Waals surface area contributed by atoms with Gasteiger partial charge in [0.1, 0.15) is 0 Å². The number of aliphatic carboxylic acids is 1. The molecule has 1 aromatic carbocycles. The quantitative estimate of drug-likeness (QED) is 0.690. The first-order chi connectivity index (χ1) is 9.54. The smallest absolute Gasteiger partial charge is 0.303 e. The molecule has 1 aliphatic heterocycles. The van der Waals surface area contributed by atoms with E-state index in [1.54, 1.807) is 18.2 Å². The number of unbranched alkanes of at least 4 members (excludes halogenated alkanes) is 1. The second kappa shape index (κ2) is 6.18. The Kier molecular flexibility index (Phi) is 4.34. The number of anilines is 2. The van der Waals surface area contributed by atoms with Gasteiger partial charge in [-0.1, -0.05) is 0 Å². The van der Waals surface area contributed by atoms with E-state index >= 15 is 0 Å². The second-order valence-electron chi connectivity index (χ2n) is 4.75. The zero-order valence-corrected chi connectivity index (χ0v) is 10.9. The van der Waals surface area contributed by atoms with Gasteiger partial charge in [-0.15, -0.1) is 0 Å². The van der Waals surface area contributed by atoms with Crippen LogP contribution in [0.15, 0.2) is 18.2 Å². The van der Waals surface area contributed by atoms with Crippen molar-refractivity contribution < 1.29 is 19.5 Å². The zero-order chi connectivity index (χ0) is 14.5. The third kappa shape index (κ3) is 3.81. The molecule has 0 aliphatic carbocycles. The van der Waals surface area contributed by atoms with Gasteiger partial charge < -0.3 is 15.7 Å². The molecule has 2 amide bonds. The first kappa shape index (κ1) is 14.0. The van der Waals surface area contributed by atoms with Gasteiger partial charge in [0.2, 0.25) is 11.8 Å². The average Bonchev–Trinajstić information content (AvgIpc) is 2.74. The Morgan fingerprint density at radius 2 is 2.00 bits per heavy atom. The average molecular weight is 276 g/mol. The fraction of sp³-hybridized carbons (Fsp3) is 0.357. The van der Waals surface area contributed by atoms with Crippen LogP contribution in [0.1, 0.15) is 31.2 Å². The Morgan fingerprint density at radius 1 is 1.25 bits per heavy atom. The van der Waals surface area contributed by atoms with Crippen LogP contribution in [-0.2, 0) is 20.8 Å². The van der Waals surface area contributed by atoms with Crippen molar-refractivity contribution in [1.82, 2.24) is 0 Å². The molecule has 0 fully saturated rings. The predicted octanol–water partition coefficient (Wildman–Crippen LogP) is 1.76. The largest absolute Gasteiger partial charge is 0.481 e. The maximum Gasteiger partial charge on any atom is 0.303 e. The number of amides is 2. The molecule has 0 atom stereocenters. The van der Waals surface area contributed by atoms with Gasteiger partial charge in [0.05, 0.1) is 6.42 Å². The Balaban J connectivity index is 1.81. The lowest BCUT2D eigenvalue weighted by molar-refractivity contribution is -0.137. The molecular formula is C14H16N2O4. The highest BCUT2D eigenvalue weighted by Gasteiger charge is 2.17. The van der Waals surface area contributed by atoms with Crippen LogP contribution in [0, 0.1) is 0 Å². The number of carboxylic acids is 1. The van der Waals surface area contributed by atoms with Crippen LogP contribution < -0.4 is 10.6 Å². The Bertz CT molecular complexity index is 554. The van der Waals surface area contributed by atoms with Gasteiger partial charge in [0, 0.05) is 24.2 Å². The van der Waals surface area contributed by atoms with Crippen molar-refractivity contribution in [2.45, 2.75) is 32.1 Å². The molecule has 0 saturated heterocycles. The third-order valence-corrected chi connectivity index (χ3v) is 3.06. The summed E-state index contributed by atoms with van der Waals surface area (Å²) in [5, 5.41) is 14.0. The van der Waals surface area contributed by atoms with Gasteiger partial charge >= 0.3 is 5.97 Å². The summed E-state index contributed by atoms with van der Waals surface area (Å²) >= 11 is 0. The van der Waals surface area contributed by atoms with E-state index in [4.69, 9.17) is 5.11 Å². The molecule has 0 radical (unpaired) electrons. The zero-order valence-electron chi connectivity index (χ0n) is 10.9. The Morgan fingerprint density at radius 3 is 2.75 bits per heavy atom. The standard InChI is InChI=1S/C14H16N2O4/c17-12(3-1-2-4-14(19)20)15-10-5-6-11-9(7-10)8-13(18)16-11/h5-7H,1-4,8H2,(H,15,17)(H,16,18)(H,19,20). The van der Waals surface area contributed by atoms with Gasteiger partial charge in [0.25, 0.3) is 0 Å². The summed E-state index contributed by atoms with van der Waals surface area (Å²) in [7, 11) is 0. The van der Waals surface area contributed by atoms with E-state index in [2.05, 4.69) is 10.6 Å². The summed E-state index contributed by atoms with van der Waals surface area (Å²) in [6.45, 7) is 0. The molecule has 20 heavy (non-hydrogen) atoms. The van der Waals surface area contributed by atoms with Crippen molar-refractivity contribution in [3.05, 3.63) is 23.8 Å². The van der Waals surface area contributed by atoms with Crippen molar-refractivity contribution in [2.75, 3.05) is 10.6 Å². The molecule has 0 aromatic heterocycles. The second-order valence-corrected chi connectivity index (χ2v) is 4.75. The number of carboxylic acid groups (broad SMARTS) is 1. The maximum absolute atomic E-state index is 11.7. The fourth-order valence-corrected chi connectivity index (χ4v) is 2.09. The van der Waals surface area contributed by atoms with Gasteiger partial charge in [-0.3, -0.25) is 14.4 Å². The summed E-state index contributed by atoms with van der Waals surface area (Å²) < 4.78 is 0. The SMILES string of the molecule is O=C(O)CCCCC(=O)Nc1ccc2c(c1)CC(=O)N2. The summed E-state index contributed by atoms with van der Waals surface area (Å²) in [4.78, 5) is 33.2. The highest BCUT2D eigenvalue weighted by molar-refractivity contribution is 6.00. The molecule has 3 N–H and O–H groups in total. The van der Waals surface area contributed by atoms with E-state index in [1.807, 2.05) is 0 Å². The number of carbonyl (C=O) groups is 3. The number of hydrogen-bond donors (Lipinski definition) is 3. The van der Waals surface area contributed by atoms with Crippen LogP contribution >= 0.6 is 0 Å². The van der Waals surface area contributed by atoms with E-state index in [-0.39, 0.29) is 18.2 Å². The molecule has 0 saturated carbocycles. The molecule has 0 spiro atoms. The van der Waals surface area contributed by atoms with Crippen LogP contribution in [0.2, 0.25) is 0 Å². The first-order valence-electron chi connectivity index (χ1n) is 6.49. The van der Waals surface area contributed by atoms with Gasteiger partial charge in [-0.25, -0.2) is 0 Å². The molecule has 6 nitrogen and oxygen atoms in total. The summed E-state index contributed by atoms with van der Waals surface area (Å²) in [6, 6.07) is 5.28. The topological polar surface area (TPSA) is 95.5 Å². The Labute approximate surface area is 116 Å². The molecule has 0 bridgehead atoms. The fourth-order valence-electron chi connectivity index (χ4n) is 2.09.